The third-order valence-electron chi connectivity index (χ3n) is 2.76. The van der Waals surface area contributed by atoms with Gasteiger partial charge in [-0.15, -0.1) is 0 Å². The molecule has 0 fully saturated rings. The lowest BCUT2D eigenvalue weighted by Crippen LogP contribution is -2.29. The number of allylic oxidation sites excluding steroid dienone is 2. The van der Waals surface area contributed by atoms with Gasteiger partial charge < -0.3 is 10.5 Å². The van der Waals surface area contributed by atoms with Crippen molar-refractivity contribution in [3.05, 3.63) is 23.3 Å². The van der Waals surface area contributed by atoms with E-state index in [4.69, 9.17) is 22.1 Å². The number of primary amides is 1. The molecular formula is C13H22ClNO2. The smallest absolute Gasteiger partial charge is 0.405 e. The monoisotopic (exact) mass is 259 g/mol. The van der Waals surface area contributed by atoms with Crippen LogP contribution >= 0.6 is 11.6 Å². The Morgan fingerprint density at radius 3 is 2.59 bits per heavy atom. The second kappa shape index (κ2) is 8.18. The van der Waals surface area contributed by atoms with Gasteiger partial charge in [0, 0.05) is 5.03 Å². The van der Waals surface area contributed by atoms with Crippen molar-refractivity contribution >= 4 is 17.7 Å². The number of hydrogen-bond acceptors (Lipinski definition) is 2. The number of unbranched alkanes of at least 4 members (excludes halogenated alkanes) is 1. The van der Waals surface area contributed by atoms with Gasteiger partial charge in [-0.05, 0) is 24.8 Å². The zero-order chi connectivity index (χ0) is 13.4. The quantitative estimate of drug-likeness (QED) is 0.703. The molecule has 0 aliphatic heterocycles. The highest BCUT2D eigenvalue weighted by atomic mass is 35.5. The van der Waals surface area contributed by atoms with Crippen molar-refractivity contribution < 1.29 is 9.53 Å². The van der Waals surface area contributed by atoms with E-state index in [0.717, 1.165) is 24.8 Å². The predicted octanol–water partition coefficient (Wildman–Crippen LogP) is 3.98. The third-order valence-corrected chi connectivity index (χ3v) is 3.21. The summed E-state index contributed by atoms with van der Waals surface area (Å²) in [6.07, 6.45) is 3.55. The summed E-state index contributed by atoms with van der Waals surface area (Å²) in [4.78, 5) is 10.9. The summed E-state index contributed by atoms with van der Waals surface area (Å²) in [5.74, 6) is 0.191. The molecule has 2 atom stereocenters. The van der Waals surface area contributed by atoms with E-state index in [1.807, 2.05) is 13.8 Å². The zero-order valence-corrected chi connectivity index (χ0v) is 11.6. The van der Waals surface area contributed by atoms with Crippen molar-refractivity contribution in [3.63, 3.8) is 0 Å². The number of amides is 1. The fourth-order valence-corrected chi connectivity index (χ4v) is 1.84. The molecule has 3 nitrogen and oxygen atoms in total. The Hall–Kier alpha value is -0.960. The van der Waals surface area contributed by atoms with Crippen molar-refractivity contribution in [2.75, 3.05) is 0 Å². The number of hydrogen-bond donors (Lipinski definition) is 1. The van der Waals surface area contributed by atoms with Gasteiger partial charge >= 0.3 is 6.09 Å². The lowest BCUT2D eigenvalue weighted by Gasteiger charge is -2.24. The summed E-state index contributed by atoms with van der Waals surface area (Å²) >= 11 is 6.00. The number of ether oxygens (including phenoxy) is 1. The van der Waals surface area contributed by atoms with Gasteiger partial charge in [-0.2, -0.15) is 0 Å². The summed E-state index contributed by atoms with van der Waals surface area (Å²) in [6.45, 7) is 9.59. The van der Waals surface area contributed by atoms with Crippen LogP contribution in [0.5, 0.6) is 0 Å². The summed E-state index contributed by atoms with van der Waals surface area (Å²) in [6, 6.07) is 0. The lowest BCUT2D eigenvalue weighted by molar-refractivity contribution is 0.0913. The first-order valence-corrected chi connectivity index (χ1v) is 6.26. The molecular weight excluding hydrogens is 238 g/mol. The van der Waals surface area contributed by atoms with E-state index in [9.17, 15) is 4.79 Å². The van der Waals surface area contributed by atoms with E-state index >= 15 is 0 Å². The van der Waals surface area contributed by atoms with E-state index in [1.54, 1.807) is 6.08 Å². The lowest BCUT2D eigenvalue weighted by atomic mass is 9.93. The fraction of sp³-hybridized carbons (Fsp3) is 0.615. The SMILES string of the molecule is C=C/C(Cl)=C(\C)C(OC(N)=O)C(C)CCCC. The van der Waals surface area contributed by atoms with Crippen LogP contribution in [0.25, 0.3) is 0 Å². The fourth-order valence-electron chi connectivity index (χ4n) is 1.73. The first-order valence-electron chi connectivity index (χ1n) is 5.88. The molecule has 0 heterocycles. The minimum atomic E-state index is -0.772. The molecule has 0 aliphatic rings. The summed E-state index contributed by atoms with van der Waals surface area (Å²) < 4.78 is 5.14. The van der Waals surface area contributed by atoms with Crippen LogP contribution < -0.4 is 5.73 Å². The molecule has 0 aromatic rings. The summed E-state index contributed by atoms with van der Waals surface area (Å²) in [7, 11) is 0. The van der Waals surface area contributed by atoms with Crippen LogP contribution in [-0.4, -0.2) is 12.2 Å². The minimum absolute atomic E-state index is 0.191. The zero-order valence-electron chi connectivity index (χ0n) is 10.8. The van der Waals surface area contributed by atoms with Crippen molar-refractivity contribution in [2.24, 2.45) is 11.7 Å². The maximum absolute atomic E-state index is 10.9. The van der Waals surface area contributed by atoms with E-state index in [0.29, 0.717) is 5.03 Å². The van der Waals surface area contributed by atoms with Crippen molar-refractivity contribution in [1.29, 1.82) is 0 Å². The number of halogens is 1. The molecule has 98 valence electrons. The van der Waals surface area contributed by atoms with Gasteiger partial charge in [-0.1, -0.05) is 50.9 Å². The molecule has 0 aromatic carbocycles. The third kappa shape index (κ3) is 5.78. The molecule has 0 aromatic heterocycles. The van der Waals surface area contributed by atoms with Gasteiger partial charge in [0.25, 0.3) is 0 Å². The Balaban J connectivity index is 4.86. The number of nitrogens with two attached hydrogens (primary N) is 1. The molecule has 0 aliphatic carbocycles. The Kier molecular flexibility index (Phi) is 7.72. The molecule has 0 radical (unpaired) electrons. The van der Waals surface area contributed by atoms with E-state index in [-0.39, 0.29) is 12.0 Å². The molecule has 0 bridgehead atoms. The highest BCUT2D eigenvalue weighted by Crippen LogP contribution is 2.25. The largest absolute Gasteiger partial charge is 0.442 e. The molecule has 0 saturated carbocycles. The molecule has 0 rings (SSSR count). The number of rotatable bonds is 7. The van der Waals surface area contributed by atoms with Crippen LogP contribution in [0.15, 0.2) is 23.3 Å². The first-order chi connectivity index (χ1) is 7.93. The van der Waals surface area contributed by atoms with Crippen LogP contribution in [-0.2, 0) is 4.74 Å². The average Bonchev–Trinajstić information content (AvgIpc) is 2.30. The van der Waals surface area contributed by atoms with Gasteiger partial charge in [-0.25, -0.2) is 4.79 Å². The van der Waals surface area contributed by atoms with Gasteiger partial charge in [0.1, 0.15) is 6.10 Å². The standard InChI is InChI=1S/C13H22ClNO2/c1-5-7-8-9(3)12(17-13(15)16)10(4)11(14)6-2/h6,9,12H,2,5,7-8H2,1,3-4H3,(H2,15,16)/b11-10-. The van der Waals surface area contributed by atoms with Gasteiger partial charge in [0.2, 0.25) is 0 Å². The van der Waals surface area contributed by atoms with Crippen molar-refractivity contribution in [3.8, 4) is 0 Å². The molecule has 2 unspecified atom stereocenters. The number of carbonyl (C=O) groups is 1. The predicted molar refractivity (Wildman–Crippen MR) is 71.9 cm³/mol. The van der Waals surface area contributed by atoms with Crippen LogP contribution in [0.3, 0.4) is 0 Å². The first kappa shape index (κ1) is 16.0. The molecule has 17 heavy (non-hydrogen) atoms. The Labute approximate surface area is 109 Å². The van der Waals surface area contributed by atoms with Gasteiger partial charge in [0.15, 0.2) is 0 Å². The molecule has 0 spiro atoms. The van der Waals surface area contributed by atoms with Gasteiger partial charge in [-0.3, -0.25) is 0 Å². The maximum Gasteiger partial charge on any atom is 0.405 e. The van der Waals surface area contributed by atoms with Crippen molar-refractivity contribution in [1.82, 2.24) is 0 Å². The Morgan fingerprint density at radius 2 is 2.18 bits per heavy atom. The van der Waals surface area contributed by atoms with E-state index in [1.165, 1.54) is 0 Å². The molecule has 4 heteroatoms. The topological polar surface area (TPSA) is 52.3 Å². The normalized spacial score (nSPS) is 15.8. The van der Waals surface area contributed by atoms with Crippen LogP contribution in [0.4, 0.5) is 4.79 Å². The van der Waals surface area contributed by atoms with E-state index < -0.39 is 6.09 Å². The number of carbonyl (C=O) groups excluding carboxylic acids is 1. The van der Waals surface area contributed by atoms with E-state index in [2.05, 4.69) is 13.5 Å². The summed E-state index contributed by atoms with van der Waals surface area (Å²) in [5, 5.41) is 0.514. The summed E-state index contributed by atoms with van der Waals surface area (Å²) in [5.41, 5.74) is 5.88. The Morgan fingerprint density at radius 1 is 1.59 bits per heavy atom. The molecule has 1 amide bonds. The Bertz CT molecular complexity index is 300. The minimum Gasteiger partial charge on any atom is -0.442 e. The highest BCUT2D eigenvalue weighted by molar-refractivity contribution is 6.31. The van der Waals surface area contributed by atoms with Crippen LogP contribution in [0, 0.1) is 5.92 Å². The van der Waals surface area contributed by atoms with Gasteiger partial charge in [0.05, 0.1) is 0 Å². The molecule has 2 N–H and O–H groups in total. The average molecular weight is 260 g/mol. The highest BCUT2D eigenvalue weighted by Gasteiger charge is 2.23. The van der Waals surface area contributed by atoms with Crippen molar-refractivity contribution in [2.45, 2.75) is 46.1 Å². The van der Waals surface area contributed by atoms with Crippen LogP contribution in [0.2, 0.25) is 0 Å². The van der Waals surface area contributed by atoms with Crippen LogP contribution in [0.1, 0.15) is 40.0 Å². The second-order valence-electron chi connectivity index (χ2n) is 4.21. The molecule has 0 saturated heterocycles. The second-order valence-corrected chi connectivity index (χ2v) is 4.62. The maximum atomic E-state index is 10.9.